The molecule has 1 fully saturated rings. The van der Waals surface area contributed by atoms with Crippen molar-refractivity contribution >= 4 is 12.0 Å². The summed E-state index contributed by atoms with van der Waals surface area (Å²) in [5.74, 6) is 0. The van der Waals surface area contributed by atoms with Crippen LogP contribution in [0.4, 0.5) is 0 Å². The Labute approximate surface area is 113 Å². The molecule has 1 atom stereocenters. The molecule has 0 saturated carbocycles. The standard InChI is InChI=1S/C15H19N3O/c19-11-15-17-14(12-4-2-1-3-5-12)10-18(15)13-6-8-16-9-7-13/h1-5,10-11,13,15-17H,6-9H2. The Balaban J connectivity index is 1.82. The Bertz CT molecular complexity index is 466. The van der Waals surface area contributed by atoms with Crippen molar-refractivity contribution in [3.63, 3.8) is 0 Å². The monoisotopic (exact) mass is 257 g/mol. The van der Waals surface area contributed by atoms with E-state index in [-0.39, 0.29) is 6.17 Å². The zero-order valence-corrected chi connectivity index (χ0v) is 10.9. The van der Waals surface area contributed by atoms with E-state index in [1.807, 2.05) is 18.2 Å². The van der Waals surface area contributed by atoms with E-state index in [1.165, 1.54) is 0 Å². The number of aldehydes is 1. The molecule has 1 aromatic rings. The van der Waals surface area contributed by atoms with Gasteiger partial charge in [0.25, 0.3) is 0 Å². The number of carbonyl (C=O) groups excluding carboxylic acids is 1. The van der Waals surface area contributed by atoms with Crippen LogP contribution in [0.5, 0.6) is 0 Å². The average Bonchev–Trinajstić information content (AvgIpc) is 2.93. The zero-order chi connectivity index (χ0) is 13.1. The first-order valence-electron chi connectivity index (χ1n) is 6.86. The van der Waals surface area contributed by atoms with Gasteiger partial charge in [0.2, 0.25) is 0 Å². The van der Waals surface area contributed by atoms with Crippen LogP contribution in [-0.2, 0) is 4.79 Å². The van der Waals surface area contributed by atoms with E-state index in [1.54, 1.807) is 0 Å². The van der Waals surface area contributed by atoms with Gasteiger partial charge in [-0.15, -0.1) is 0 Å². The maximum Gasteiger partial charge on any atom is 0.162 e. The van der Waals surface area contributed by atoms with Crippen molar-refractivity contribution in [2.24, 2.45) is 0 Å². The van der Waals surface area contributed by atoms with Gasteiger partial charge >= 0.3 is 0 Å². The summed E-state index contributed by atoms with van der Waals surface area (Å²) in [4.78, 5) is 13.5. The van der Waals surface area contributed by atoms with Crippen molar-refractivity contribution in [2.75, 3.05) is 13.1 Å². The first-order valence-corrected chi connectivity index (χ1v) is 6.86. The van der Waals surface area contributed by atoms with Crippen LogP contribution in [0.3, 0.4) is 0 Å². The minimum atomic E-state index is -0.224. The minimum absolute atomic E-state index is 0.224. The molecule has 0 spiro atoms. The number of nitrogens with zero attached hydrogens (tertiary/aromatic N) is 1. The van der Waals surface area contributed by atoms with Crippen molar-refractivity contribution in [1.29, 1.82) is 0 Å². The van der Waals surface area contributed by atoms with Crippen molar-refractivity contribution < 1.29 is 4.79 Å². The van der Waals surface area contributed by atoms with E-state index >= 15 is 0 Å². The van der Waals surface area contributed by atoms with Crippen LogP contribution in [0, 0.1) is 0 Å². The first-order chi connectivity index (χ1) is 9.38. The SMILES string of the molecule is O=CC1NC(c2ccccc2)=CN1C1CCNCC1. The molecule has 2 aliphatic rings. The number of rotatable bonds is 3. The normalized spacial score (nSPS) is 23.9. The summed E-state index contributed by atoms with van der Waals surface area (Å²) in [6.45, 7) is 2.06. The topological polar surface area (TPSA) is 44.4 Å². The molecule has 4 heteroatoms. The molecule has 1 aromatic carbocycles. The lowest BCUT2D eigenvalue weighted by Gasteiger charge is -2.33. The summed E-state index contributed by atoms with van der Waals surface area (Å²) in [6.07, 6.45) is 5.05. The zero-order valence-electron chi connectivity index (χ0n) is 10.9. The van der Waals surface area contributed by atoms with Crippen molar-refractivity contribution in [2.45, 2.75) is 25.0 Å². The fourth-order valence-electron chi connectivity index (χ4n) is 2.82. The molecule has 1 unspecified atom stereocenters. The lowest BCUT2D eigenvalue weighted by atomic mass is 10.1. The van der Waals surface area contributed by atoms with Crippen LogP contribution in [0.1, 0.15) is 18.4 Å². The second-order valence-corrected chi connectivity index (χ2v) is 5.06. The molecule has 2 aliphatic heterocycles. The highest BCUT2D eigenvalue weighted by molar-refractivity contribution is 5.72. The maximum atomic E-state index is 11.3. The summed E-state index contributed by atoms with van der Waals surface area (Å²) in [5, 5.41) is 6.66. The Morgan fingerprint density at radius 1 is 1.16 bits per heavy atom. The van der Waals surface area contributed by atoms with Crippen LogP contribution >= 0.6 is 0 Å². The van der Waals surface area contributed by atoms with Crippen LogP contribution in [0.15, 0.2) is 36.5 Å². The summed E-state index contributed by atoms with van der Waals surface area (Å²) >= 11 is 0. The molecule has 100 valence electrons. The highest BCUT2D eigenvalue weighted by atomic mass is 16.1. The number of nitrogens with one attached hydrogen (secondary N) is 2. The van der Waals surface area contributed by atoms with Gasteiger partial charge in [-0.3, -0.25) is 4.79 Å². The third-order valence-corrected chi connectivity index (χ3v) is 3.85. The Hall–Kier alpha value is -1.81. The highest BCUT2D eigenvalue weighted by Crippen LogP contribution is 2.24. The second kappa shape index (κ2) is 5.45. The summed E-state index contributed by atoms with van der Waals surface area (Å²) < 4.78 is 0. The van der Waals surface area contributed by atoms with Gasteiger partial charge < -0.3 is 15.5 Å². The Morgan fingerprint density at radius 2 is 1.89 bits per heavy atom. The van der Waals surface area contributed by atoms with Gasteiger partial charge in [0, 0.05) is 12.2 Å². The fraction of sp³-hybridized carbons (Fsp3) is 0.400. The molecule has 3 rings (SSSR count). The van der Waals surface area contributed by atoms with Crippen molar-refractivity contribution in [3.8, 4) is 0 Å². The van der Waals surface area contributed by atoms with Gasteiger partial charge in [-0.1, -0.05) is 30.3 Å². The molecule has 0 amide bonds. The maximum absolute atomic E-state index is 11.3. The number of hydrogen-bond acceptors (Lipinski definition) is 4. The van der Waals surface area contributed by atoms with Crippen LogP contribution in [0.2, 0.25) is 0 Å². The predicted octanol–water partition coefficient (Wildman–Crippen LogP) is 1.17. The molecule has 0 radical (unpaired) electrons. The Kier molecular flexibility index (Phi) is 3.51. The molecular formula is C15H19N3O. The van der Waals surface area contributed by atoms with E-state index in [4.69, 9.17) is 0 Å². The lowest BCUT2D eigenvalue weighted by molar-refractivity contribution is -0.112. The number of carbonyl (C=O) groups is 1. The molecule has 1 saturated heterocycles. The van der Waals surface area contributed by atoms with Crippen molar-refractivity contribution in [1.82, 2.24) is 15.5 Å². The molecule has 0 bridgehead atoms. The summed E-state index contributed by atoms with van der Waals surface area (Å²) in [7, 11) is 0. The smallest absolute Gasteiger partial charge is 0.162 e. The summed E-state index contributed by atoms with van der Waals surface area (Å²) in [5.41, 5.74) is 2.17. The van der Waals surface area contributed by atoms with E-state index in [0.29, 0.717) is 6.04 Å². The third-order valence-electron chi connectivity index (χ3n) is 3.85. The van der Waals surface area contributed by atoms with Gasteiger partial charge in [0.1, 0.15) is 0 Å². The van der Waals surface area contributed by atoms with E-state index < -0.39 is 0 Å². The van der Waals surface area contributed by atoms with Crippen molar-refractivity contribution in [3.05, 3.63) is 42.1 Å². The van der Waals surface area contributed by atoms with Crippen LogP contribution in [-0.4, -0.2) is 36.5 Å². The molecule has 0 aliphatic carbocycles. The largest absolute Gasteiger partial charge is 0.358 e. The molecule has 19 heavy (non-hydrogen) atoms. The second-order valence-electron chi connectivity index (χ2n) is 5.06. The van der Waals surface area contributed by atoms with Gasteiger partial charge in [-0.2, -0.15) is 0 Å². The number of hydrogen-bond donors (Lipinski definition) is 2. The van der Waals surface area contributed by atoms with Gasteiger partial charge in [0.15, 0.2) is 12.5 Å². The number of benzene rings is 1. The highest BCUT2D eigenvalue weighted by Gasteiger charge is 2.30. The van der Waals surface area contributed by atoms with Gasteiger partial charge in [-0.05, 0) is 31.5 Å². The Morgan fingerprint density at radius 3 is 2.58 bits per heavy atom. The minimum Gasteiger partial charge on any atom is -0.358 e. The fourth-order valence-corrected chi connectivity index (χ4v) is 2.82. The quantitative estimate of drug-likeness (QED) is 0.798. The molecule has 2 N–H and O–H groups in total. The average molecular weight is 257 g/mol. The molecule has 0 aromatic heterocycles. The summed E-state index contributed by atoms with van der Waals surface area (Å²) in [6, 6.07) is 10.6. The third kappa shape index (κ3) is 2.49. The van der Waals surface area contributed by atoms with Gasteiger partial charge in [0.05, 0.1) is 5.70 Å². The van der Waals surface area contributed by atoms with Gasteiger partial charge in [-0.25, -0.2) is 0 Å². The molecule has 2 heterocycles. The number of piperidine rings is 1. The molecule has 4 nitrogen and oxygen atoms in total. The van der Waals surface area contributed by atoms with E-state index in [9.17, 15) is 4.79 Å². The lowest BCUT2D eigenvalue weighted by Crippen LogP contribution is -2.47. The molecular weight excluding hydrogens is 238 g/mol. The first kappa shape index (κ1) is 12.2. The van der Waals surface area contributed by atoms with E-state index in [0.717, 1.165) is 43.5 Å². The predicted molar refractivity (Wildman–Crippen MR) is 75.1 cm³/mol. The van der Waals surface area contributed by atoms with Crippen LogP contribution < -0.4 is 10.6 Å². The van der Waals surface area contributed by atoms with Crippen LogP contribution in [0.25, 0.3) is 5.70 Å². The van der Waals surface area contributed by atoms with E-state index in [2.05, 4.69) is 33.9 Å².